The van der Waals surface area contributed by atoms with Gasteiger partial charge in [0, 0.05) is 5.25 Å². The molecule has 0 aromatic carbocycles. The van der Waals surface area contributed by atoms with Crippen LogP contribution >= 0.6 is 12.6 Å². The lowest BCUT2D eigenvalue weighted by atomic mass is 10.2. The second-order valence-electron chi connectivity index (χ2n) is 2.32. The van der Waals surface area contributed by atoms with Gasteiger partial charge in [0.2, 0.25) is 0 Å². The highest BCUT2D eigenvalue weighted by atomic mass is 32.1. The van der Waals surface area contributed by atoms with E-state index >= 15 is 0 Å². The van der Waals surface area contributed by atoms with E-state index in [0.717, 1.165) is 6.42 Å². The van der Waals surface area contributed by atoms with Gasteiger partial charge in [-0.25, -0.2) is 0 Å². The second kappa shape index (κ2) is 1.48. The maximum absolute atomic E-state index is 10.6. The Morgan fingerprint density at radius 2 is 2.38 bits per heavy atom. The van der Waals surface area contributed by atoms with Crippen molar-refractivity contribution in [2.75, 3.05) is 0 Å². The van der Waals surface area contributed by atoms with E-state index in [1.165, 1.54) is 6.92 Å². The summed E-state index contributed by atoms with van der Waals surface area (Å²) in [5.74, 6) is 0.0532. The molecule has 1 aliphatic carbocycles. The fourth-order valence-electron chi connectivity index (χ4n) is 0.639. The standard InChI is InChI=1S/C5H9NOS/c1-3(7)5(6)2-4(5)8/h4,8H,2,6H2,1H3. The van der Waals surface area contributed by atoms with Gasteiger partial charge in [-0.1, -0.05) is 0 Å². The van der Waals surface area contributed by atoms with Crippen molar-refractivity contribution in [3.8, 4) is 0 Å². The van der Waals surface area contributed by atoms with E-state index in [9.17, 15) is 4.79 Å². The molecular weight excluding hydrogens is 122 g/mol. The Balaban J connectivity index is 2.60. The van der Waals surface area contributed by atoms with Gasteiger partial charge in [-0.15, -0.1) is 0 Å². The molecule has 2 unspecified atom stereocenters. The molecule has 1 saturated carbocycles. The lowest BCUT2D eigenvalue weighted by Crippen LogP contribution is -2.33. The second-order valence-corrected chi connectivity index (χ2v) is 2.94. The molecular formula is C5H9NOS. The average molecular weight is 131 g/mol. The summed E-state index contributed by atoms with van der Waals surface area (Å²) >= 11 is 4.05. The highest BCUT2D eigenvalue weighted by Gasteiger charge is 2.52. The molecule has 0 bridgehead atoms. The molecule has 1 rings (SSSR count). The van der Waals surface area contributed by atoms with Crippen molar-refractivity contribution in [3.63, 3.8) is 0 Å². The van der Waals surface area contributed by atoms with Crippen LogP contribution in [0, 0.1) is 0 Å². The monoisotopic (exact) mass is 131 g/mol. The molecule has 46 valence electrons. The minimum atomic E-state index is -0.566. The van der Waals surface area contributed by atoms with Crippen LogP contribution in [0.25, 0.3) is 0 Å². The maximum atomic E-state index is 10.6. The topological polar surface area (TPSA) is 43.1 Å². The predicted octanol–water partition coefficient (Wildman–Crippen LogP) is -0.0250. The van der Waals surface area contributed by atoms with Crippen molar-refractivity contribution in [2.24, 2.45) is 5.73 Å². The van der Waals surface area contributed by atoms with Crippen molar-refractivity contribution in [1.82, 2.24) is 0 Å². The first-order chi connectivity index (χ1) is 3.57. The number of nitrogens with two attached hydrogens (primary N) is 1. The van der Waals surface area contributed by atoms with E-state index in [4.69, 9.17) is 5.73 Å². The fraction of sp³-hybridized carbons (Fsp3) is 0.800. The molecule has 1 fully saturated rings. The highest BCUT2D eigenvalue weighted by Crippen LogP contribution is 2.38. The van der Waals surface area contributed by atoms with Gasteiger partial charge in [-0.2, -0.15) is 12.6 Å². The van der Waals surface area contributed by atoms with Crippen LogP contribution in [-0.4, -0.2) is 16.6 Å². The molecule has 0 saturated heterocycles. The highest BCUT2D eigenvalue weighted by molar-refractivity contribution is 7.81. The summed E-state index contributed by atoms with van der Waals surface area (Å²) in [5.41, 5.74) is 4.94. The van der Waals surface area contributed by atoms with Crippen molar-refractivity contribution in [3.05, 3.63) is 0 Å². The molecule has 3 heteroatoms. The molecule has 0 amide bonds. The summed E-state index contributed by atoms with van der Waals surface area (Å²) in [5, 5.41) is 0.111. The van der Waals surface area contributed by atoms with Crippen LogP contribution in [0.5, 0.6) is 0 Å². The summed E-state index contributed by atoms with van der Waals surface area (Å²) < 4.78 is 0. The minimum Gasteiger partial charge on any atom is -0.318 e. The molecule has 0 heterocycles. The Labute approximate surface area is 53.8 Å². The van der Waals surface area contributed by atoms with Crippen LogP contribution in [0.2, 0.25) is 0 Å². The van der Waals surface area contributed by atoms with Gasteiger partial charge in [0.1, 0.15) is 0 Å². The zero-order valence-electron chi connectivity index (χ0n) is 4.72. The molecule has 0 aliphatic heterocycles. The smallest absolute Gasteiger partial charge is 0.150 e. The van der Waals surface area contributed by atoms with Crippen LogP contribution in [-0.2, 0) is 4.79 Å². The lowest BCUT2D eigenvalue weighted by molar-refractivity contribution is -0.118. The third kappa shape index (κ3) is 0.661. The normalized spacial score (nSPS) is 44.1. The number of carbonyl (C=O) groups is 1. The molecule has 0 spiro atoms. The summed E-state index contributed by atoms with van der Waals surface area (Å²) in [7, 11) is 0. The summed E-state index contributed by atoms with van der Waals surface area (Å²) in [6, 6.07) is 0. The van der Waals surface area contributed by atoms with Crippen molar-refractivity contribution in [2.45, 2.75) is 24.1 Å². The number of carbonyl (C=O) groups excluding carboxylic acids is 1. The van der Waals surface area contributed by atoms with Gasteiger partial charge in [0.05, 0.1) is 5.54 Å². The zero-order valence-corrected chi connectivity index (χ0v) is 5.61. The summed E-state index contributed by atoms with van der Waals surface area (Å²) in [6.07, 6.45) is 0.742. The first kappa shape index (κ1) is 6.11. The SMILES string of the molecule is CC(=O)C1(N)CC1S. The molecule has 0 radical (unpaired) electrons. The number of rotatable bonds is 1. The van der Waals surface area contributed by atoms with Crippen molar-refractivity contribution >= 4 is 18.4 Å². The fourth-order valence-corrected chi connectivity index (χ4v) is 1.12. The molecule has 1 aliphatic rings. The van der Waals surface area contributed by atoms with E-state index in [-0.39, 0.29) is 11.0 Å². The Morgan fingerprint density at radius 3 is 2.38 bits per heavy atom. The lowest BCUT2D eigenvalue weighted by Gasteiger charge is -2.00. The van der Waals surface area contributed by atoms with Crippen LogP contribution in [0.1, 0.15) is 13.3 Å². The summed E-state index contributed by atoms with van der Waals surface area (Å²) in [4.78, 5) is 10.6. The van der Waals surface area contributed by atoms with E-state index in [1.807, 2.05) is 0 Å². The van der Waals surface area contributed by atoms with Crippen LogP contribution < -0.4 is 5.73 Å². The molecule has 2 atom stereocenters. The van der Waals surface area contributed by atoms with Crippen LogP contribution in [0.15, 0.2) is 0 Å². The maximum Gasteiger partial charge on any atom is 0.150 e. The van der Waals surface area contributed by atoms with Gasteiger partial charge in [0.15, 0.2) is 5.78 Å². The minimum absolute atomic E-state index is 0.0532. The van der Waals surface area contributed by atoms with Crippen molar-refractivity contribution < 1.29 is 4.79 Å². The Morgan fingerprint density at radius 1 is 2.00 bits per heavy atom. The number of Topliss-reactive ketones (excluding diaryl/α,β-unsaturated/α-hetero) is 1. The first-order valence-corrected chi connectivity index (χ1v) is 3.07. The van der Waals surface area contributed by atoms with Gasteiger partial charge < -0.3 is 5.73 Å². The van der Waals surface area contributed by atoms with E-state index < -0.39 is 5.54 Å². The van der Waals surface area contributed by atoms with Gasteiger partial charge in [-0.05, 0) is 13.3 Å². The van der Waals surface area contributed by atoms with Crippen LogP contribution in [0.3, 0.4) is 0 Å². The van der Waals surface area contributed by atoms with Gasteiger partial charge in [0.25, 0.3) is 0 Å². The zero-order chi connectivity index (χ0) is 6.36. The third-order valence-electron chi connectivity index (χ3n) is 1.62. The molecule has 0 aromatic heterocycles. The molecule has 2 nitrogen and oxygen atoms in total. The Kier molecular flexibility index (Phi) is 1.13. The van der Waals surface area contributed by atoms with E-state index in [1.54, 1.807) is 0 Å². The Bertz CT molecular complexity index is 136. The largest absolute Gasteiger partial charge is 0.318 e. The van der Waals surface area contributed by atoms with Gasteiger partial charge in [-0.3, -0.25) is 4.79 Å². The molecule has 2 N–H and O–H groups in total. The molecule has 0 aromatic rings. The number of hydrogen-bond donors (Lipinski definition) is 2. The summed E-state index contributed by atoms with van der Waals surface area (Å²) in [6.45, 7) is 1.51. The Hall–Kier alpha value is -0.0200. The third-order valence-corrected chi connectivity index (χ3v) is 2.26. The van der Waals surface area contributed by atoms with Crippen LogP contribution in [0.4, 0.5) is 0 Å². The number of ketones is 1. The van der Waals surface area contributed by atoms with Crippen molar-refractivity contribution in [1.29, 1.82) is 0 Å². The van der Waals surface area contributed by atoms with E-state index in [0.29, 0.717) is 0 Å². The van der Waals surface area contributed by atoms with E-state index in [2.05, 4.69) is 12.6 Å². The first-order valence-electron chi connectivity index (χ1n) is 2.55. The molecule has 8 heavy (non-hydrogen) atoms. The number of thiol groups is 1. The number of hydrogen-bond acceptors (Lipinski definition) is 3. The van der Waals surface area contributed by atoms with Gasteiger partial charge >= 0.3 is 0 Å². The quantitative estimate of drug-likeness (QED) is 0.491. The average Bonchev–Trinajstić information content (AvgIpc) is 2.17. The predicted molar refractivity (Wildman–Crippen MR) is 35.0 cm³/mol.